The van der Waals surface area contributed by atoms with E-state index in [4.69, 9.17) is 0 Å². The second-order valence-corrected chi connectivity index (χ2v) is 10.2. The number of rotatable bonds is 5. The normalized spacial score (nSPS) is 16.8. The third kappa shape index (κ3) is 3.71. The lowest BCUT2D eigenvalue weighted by molar-refractivity contribution is -0.117. The van der Waals surface area contributed by atoms with Gasteiger partial charge >= 0.3 is 0 Å². The van der Waals surface area contributed by atoms with Gasteiger partial charge < -0.3 is 5.11 Å². The van der Waals surface area contributed by atoms with Gasteiger partial charge in [-0.05, 0) is 48.2 Å². The maximum absolute atomic E-state index is 13.6. The largest absolute Gasteiger partial charge is 0.502 e. The van der Waals surface area contributed by atoms with Crippen molar-refractivity contribution in [3.05, 3.63) is 106 Å². The summed E-state index contributed by atoms with van der Waals surface area (Å²) in [5.41, 5.74) is 3.13. The lowest BCUT2D eigenvalue weighted by atomic mass is 10.0. The van der Waals surface area contributed by atoms with Crippen molar-refractivity contribution in [3.63, 3.8) is 0 Å². The number of hydrogen-bond donors (Lipinski definition) is 1. The van der Waals surface area contributed by atoms with E-state index in [0.29, 0.717) is 17.2 Å². The minimum atomic E-state index is -4.13. The molecule has 0 fully saturated rings. The number of carbonyl (C=O) groups excluding carboxylic acids is 1. The van der Waals surface area contributed by atoms with E-state index in [1.165, 1.54) is 17.0 Å². The van der Waals surface area contributed by atoms with Crippen molar-refractivity contribution in [1.82, 2.24) is 0 Å². The van der Waals surface area contributed by atoms with Crippen LogP contribution in [0.15, 0.2) is 94.4 Å². The topological polar surface area (TPSA) is 74.7 Å². The van der Waals surface area contributed by atoms with Gasteiger partial charge in [-0.3, -0.25) is 9.69 Å². The van der Waals surface area contributed by atoms with Crippen molar-refractivity contribution in [1.29, 1.82) is 0 Å². The van der Waals surface area contributed by atoms with Crippen molar-refractivity contribution >= 4 is 21.4 Å². The van der Waals surface area contributed by atoms with Crippen LogP contribution in [0.1, 0.15) is 42.5 Å². The molecule has 4 rings (SSSR count). The first-order valence-electron chi connectivity index (χ1n) is 10.4. The Labute approximate surface area is 188 Å². The van der Waals surface area contributed by atoms with Gasteiger partial charge in [-0.15, -0.1) is 0 Å². The van der Waals surface area contributed by atoms with Gasteiger partial charge in [0.2, 0.25) is 9.84 Å². The predicted molar refractivity (Wildman–Crippen MR) is 125 cm³/mol. The number of benzene rings is 3. The van der Waals surface area contributed by atoms with Crippen molar-refractivity contribution in [2.75, 3.05) is 4.90 Å². The zero-order valence-electron chi connectivity index (χ0n) is 18.2. The summed E-state index contributed by atoms with van der Waals surface area (Å²) in [7, 11) is -4.13. The minimum absolute atomic E-state index is 0.0374. The molecule has 0 radical (unpaired) electrons. The molecule has 0 saturated heterocycles. The Morgan fingerprint density at radius 3 is 2.03 bits per heavy atom. The smallest absolute Gasteiger partial charge is 0.295 e. The summed E-state index contributed by atoms with van der Waals surface area (Å²) in [6, 6.07) is 21.7. The van der Waals surface area contributed by atoms with E-state index in [0.717, 1.165) is 11.1 Å². The monoisotopic (exact) mass is 447 g/mol. The number of anilines is 1. The molecule has 1 amide bonds. The van der Waals surface area contributed by atoms with Crippen LogP contribution in [0.25, 0.3) is 0 Å². The van der Waals surface area contributed by atoms with Crippen molar-refractivity contribution in [2.24, 2.45) is 0 Å². The number of aliphatic hydroxyl groups is 1. The molecule has 3 aromatic rings. The van der Waals surface area contributed by atoms with Gasteiger partial charge in [0.25, 0.3) is 5.91 Å². The lowest BCUT2D eigenvalue weighted by Crippen LogP contribution is -2.31. The van der Waals surface area contributed by atoms with Gasteiger partial charge in [-0.2, -0.15) is 0 Å². The molecule has 5 nitrogen and oxygen atoms in total. The molecule has 1 heterocycles. The Morgan fingerprint density at radius 2 is 1.47 bits per heavy atom. The Morgan fingerprint density at radius 1 is 0.875 bits per heavy atom. The SMILES string of the molecule is Cc1ccc(S(=O)(=O)C2=C(O)C(=O)N(c3ccc(C(C)C)cc3)C2c2ccccc2)cc1. The molecular weight excluding hydrogens is 422 g/mol. The van der Waals surface area contributed by atoms with E-state index in [9.17, 15) is 18.3 Å². The maximum atomic E-state index is 13.6. The Hall–Kier alpha value is -3.38. The van der Waals surface area contributed by atoms with Gasteiger partial charge in [-0.25, -0.2) is 8.42 Å². The fourth-order valence-electron chi connectivity index (χ4n) is 3.92. The highest BCUT2D eigenvalue weighted by Gasteiger charge is 2.47. The van der Waals surface area contributed by atoms with Crippen LogP contribution in [-0.4, -0.2) is 19.4 Å². The summed E-state index contributed by atoms with van der Waals surface area (Å²) in [6.07, 6.45) is 0. The van der Waals surface area contributed by atoms with E-state index in [1.807, 2.05) is 25.1 Å². The van der Waals surface area contributed by atoms with Gasteiger partial charge in [0.05, 0.1) is 4.90 Å². The molecule has 1 atom stereocenters. The van der Waals surface area contributed by atoms with Crippen LogP contribution in [0.4, 0.5) is 5.69 Å². The molecule has 0 spiro atoms. The highest BCUT2D eigenvalue weighted by Crippen LogP contribution is 2.44. The van der Waals surface area contributed by atoms with Gasteiger partial charge in [0.15, 0.2) is 5.76 Å². The van der Waals surface area contributed by atoms with Crippen LogP contribution in [0.2, 0.25) is 0 Å². The molecule has 32 heavy (non-hydrogen) atoms. The van der Waals surface area contributed by atoms with E-state index in [2.05, 4.69) is 13.8 Å². The molecule has 0 bridgehead atoms. The molecule has 1 aliphatic heterocycles. The predicted octanol–water partition coefficient (Wildman–Crippen LogP) is 5.45. The van der Waals surface area contributed by atoms with Crippen LogP contribution in [-0.2, 0) is 14.6 Å². The van der Waals surface area contributed by atoms with Crippen LogP contribution >= 0.6 is 0 Å². The Bertz CT molecular complexity index is 1280. The Kier molecular flexibility index (Phi) is 5.65. The Balaban J connectivity index is 1.89. The third-order valence-electron chi connectivity index (χ3n) is 5.74. The molecule has 0 aliphatic carbocycles. The summed E-state index contributed by atoms with van der Waals surface area (Å²) in [4.78, 5) is 14.3. The molecular formula is C26H25NO4S. The molecule has 1 aliphatic rings. The van der Waals surface area contributed by atoms with Crippen molar-refractivity contribution in [3.8, 4) is 0 Å². The summed E-state index contributed by atoms with van der Waals surface area (Å²) < 4.78 is 27.2. The van der Waals surface area contributed by atoms with Gasteiger partial charge in [0, 0.05) is 5.69 Å². The molecule has 3 aromatic carbocycles. The van der Waals surface area contributed by atoms with Crippen LogP contribution in [0.3, 0.4) is 0 Å². The minimum Gasteiger partial charge on any atom is -0.502 e. The van der Waals surface area contributed by atoms with Crippen molar-refractivity contribution in [2.45, 2.75) is 37.6 Å². The zero-order chi connectivity index (χ0) is 23.0. The standard InChI is InChI=1S/C26H25NO4S/c1-17(2)19-11-13-21(14-12-19)27-23(20-7-5-4-6-8-20)25(24(28)26(27)29)32(30,31)22-15-9-18(3)10-16-22/h4-17,23,28H,1-3H3. The number of hydrogen-bond acceptors (Lipinski definition) is 4. The fourth-order valence-corrected chi connectivity index (χ4v) is 5.55. The van der Waals surface area contributed by atoms with Crippen LogP contribution < -0.4 is 4.90 Å². The average Bonchev–Trinajstić information content (AvgIpc) is 3.06. The van der Waals surface area contributed by atoms with Crippen LogP contribution in [0, 0.1) is 6.92 Å². The second-order valence-electron chi connectivity index (χ2n) is 8.26. The van der Waals surface area contributed by atoms with Crippen molar-refractivity contribution < 1.29 is 18.3 Å². The van der Waals surface area contributed by atoms with E-state index >= 15 is 0 Å². The first kappa shape index (κ1) is 21.8. The highest BCUT2D eigenvalue weighted by molar-refractivity contribution is 7.95. The number of amides is 1. The summed E-state index contributed by atoms with van der Waals surface area (Å²) in [5.74, 6) is -1.17. The number of carbonyl (C=O) groups is 1. The summed E-state index contributed by atoms with van der Waals surface area (Å²) in [5, 5.41) is 10.8. The maximum Gasteiger partial charge on any atom is 0.295 e. The van der Waals surface area contributed by atoms with Crippen LogP contribution in [0.5, 0.6) is 0 Å². The van der Waals surface area contributed by atoms with Gasteiger partial charge in [0.1, 0.15) is 10.9 Å². The number of aliphatic hydroxyl groups excluding tert-OH is 1. The highest BCUT2D eigenvalue weighted by atomic mass is 32.2. The third-order valence-corrected chi connectivity index (χ3v) is 7.62. The quantitative estimate of drug-likeness (QED) is 0.564. The molecule has 164 valence electrons. The van der Waals surface area contributed by atoms with E-state index in [1.54, 1.807) is 48.5 Å². The van der Waals surface area contributed by atoms with Gasteiger partial charge in [-0.1, -0.05) is 74.0 Å². The average molecular weight is 448 g/mol. The first-order valence-corrected chi connectivity index (χ1v) is 11.9. The molecule has 0 aromatic heterocycles. The number of aryl methyl sites for hydroxylation is 1. The summed E-state index contributed by atoms with van der Waals surface area (Å²) in [6.45, 7) is 6.01. The first-order chi connectivity index (χ1) is 15.2. The second kappa shape index (κ2) is 8.28. The molecule has 0 saturated carbocycles. The van der Waals surface area contributed by atoms with E-state index < -0.39 is 27.5 Å². The molecule has 1 unspecified atom stereocenters. The zero-order valence-corrected chi connectivity index (χ0v) is 19.0. The lowest BCUT2D eigenvalue weighted by Gasteiger charge is -2.27. The number of sulfone groups is 1. The number of nitrogens with zero attached hydrogens (tertiary/aromatic N) is 1. The molecule has 1 N–H and O–H groups in total. The summed E-state index contributed by atoms with van der Waals surface area (Å²) >= 11 is 0. The molecule has 6 heteroatoms. The van der Waals surface area contributed by atoms with E-state index in [-0.39, 0.29) is 9.80 Å². The fraction of sp³-hybridized carbons (Fsp3) is 0.192.